The van der Waals surface area contributed by atoms with Gasteiger partial charge in [0.1, 0.15) is 5.82 Å². The number of hydrogen-bond donors (Lipinski definition) is 0. The van der Waals surface area contributed by atoms with Gasteiger partial charge in [0, 0.05) is 6.92 Å². The number of rotatable bonds is 2. The van der Waals surface area contributed by atoms with Crippen molar-refractivity contribution in [1.82, 2.24) is 0 Å². The molecule has 0 saturated heterocycles. The number of halogens is 6. The molecule has 17 heavy (non-hydrogen) atoms. The molecule has 0 atom stereocenters. The van der Waals surface area contributed by atoms with Gasteiger partial charge in [0.25, 0.3) is 0 Å². The second-order valence-corrected chi connectivity index (χ2v) is 3.38. The predicted molar refractivity (Wildman–Crippen MR) is 46.4 cm³/mol. The Morgan fingerprint density at radius 1 is 1.12 bits per heavy atom. The standard InChI is InChI=1S/C10H6F6O/c1-9(12,13)8(17)5-3-2-4-6(7(5)11)10(14,15)16/h2-4H,1H3. The van der Waals surface area contributed by atoms with Crippen molar-refractivity contribution >= 4 is 5.78 Å². The van der Waals surface area contributed by atoms with Gasteiger partial charge in [0.15, 0.2) is 0 Å². The Bertz CT molecular complexity index is 443. The third kappa shape index (κ3) is 2.78. The van der Waals surface area contributed by atoms with Crippen LogP contribution in [0, 0.1) is 5.82 Å². The van der Waals surface area contributed by atoms with E-state index in [1.54, 1.807) is 0 Å². The van der Waals surface area contributed by atoms with Gasteiger partial charge in [0.05, 0.1) is 11.1 Å². The van der Waals surface area contributed by atoms with Crippen LogP contribution in [0.1, 0.15) is 22.8 Å². The highest BCUT2D eigenvalue weighted by atomic mass is 19.4. The average Bonchev–Trinajstić information content (AvgIpc) is 2.13. The molecule has 0 N–H and O–H groups in total. The summed E-state index contributed by atoms with van der Waals surface area (Å²) < 4.78 is 75.2. The first-order valence-electron chi connectivity index (χ1n) is 4.33. The van der Waals surface area contributed by atoms with Gasteiger partial charge in [-0.2, -0.15) is 22.0 Å². The number of ketones is 1. The molecule has 94 valence electrons. The topological polar surface area (TPSA) is 17.1 Å². The summed E-state index contributed by atoms with van der Waals surface area (Å²) in [5, 5.41) is 0. The second kappa shape index (κ2) is 4.05. The maximum Gasteiger partial charge on any atom is 0.419 e. The van der Waals surface area contributed by atoms with E-state index >= 15 is 0 Å². The number of benzene rings is 1. The minimum Gasteiger partial charge on any atom is -0.287 e. The van der Waals surface area contributed by atoms with Crippen molar-refractivity contribution < 1.29 is 31.1 Å². The Hall–Kier alpha value is -1.53. The quantitative estimate of drug-likeness (QED) is 0.582. The van der Waals surface area contributed by atoms with Gasteiger partial charge >= 0.3 is 12.1 Å². The Balaban J connectivity index is 3.35. The van der Waals surface area contributed by atoms with Gasteiger partial charge in [-0.1, -0.05) is 6.07 Å². The second-order valence-electron chi connectivity index (χ2n) is 3.38. The number of carbonyl (C=O) groups is 1. The van der Waals surface area contributed by atoms with Gasteiger partial charge in [-0.15, -0.1) is 0 Å². The minimum absolute atomic E-state index is 0.190. The first-order chi connectivity index (χ1) is 7.55. The third-order valence-electron chi connectivity index (χ3n) is 1.95. The lowest BCUT2D eigenvalue weighted by molar-refractivity contribution is -0.140. The molecule has 1 nitrogen and oxygen atoms in total. The molecule has 0 spiro atoms. The fourth-order valence-electron chi connectivity index (χ4n) is 1.16. The van der Waals surface area contributed by atoms with Crippen molar-refractivity contribution in [2.45, 2.75) is 19.0 Å². The van der Waals surface area contributed by atoms with E-state index in [2.05, 4.69) is 0 Å². The summed E-state index contributed by atoms with van der Waals surface area (Å²) in [5.74, 6) is -7.89. The summed E-state index contributed by atoms with van der Waals surface area (Å²) in [6.45, 7) is 0.190. The first kappa shape index (κ1) is 13.5. The molecular formula is C10H6F6O. The highest BCUT2D eigenvalue weighted by molar-refractivity contribution is 6.01. The number of alkyl halides is 5. The third-order valence-corrected chi connectivity index (χ3v) is 1.95. The van der Waals surface area contributed by atoms with Gasteiger partial charge in [-0.25, -0.2) is 4.39 Å². The zero-order valence-electron chi connectivity index (χ0n) is 8.41. The summed E-state index contributed by atoms with van der Waals surface area (Å²) >= 11 is 0. The van der Waals surface area contributed by atoms with Gasteiger partial charge in [0.2, 0.25) is 5.78 Å². The average molecular weight is 256 g/mol. The molecule has 0 aliphatic rings. The summed E-state index contributed by atoms with van der Waals surface area (Å²) in [6.07, 6.45) is -5.04. The number of Topliss-reactive ketones (excluding diaryl/α,β-unsaturated/α-hetero) is 1. The van der Waals surface area contributed by atoms with E-state index in [1.807, 2.05) is 0 Å². The lowest BCUT2D eigenvalue weighted by atomic mass is 10.0. The van der Waals surface area contributed by atoms with E-state index in [-0.39, 0.29) is 6.92 Å². The Morgan fingerprint density at radius 3 is 2.06 bits per heavy atom. The van der Waals surface area contributed by atoms with Crippen molar-refractivity contribution in [3.05, 3.63) is 35.1 Å². The SMILES string of the molecule is CC(F)(F)C(=O)c1cccc(C(F)(F)F)c1F. The molecule has 0 amide bonds. The Kier molecular flexibility index (Phi) is 3.22. The normalized spacial score (nSPS) is 12.6. The smallest absolute Gasteiger partial charge is 0.287 e. The Labute approximate surface area is 92.0 Å². The van der Waals surface area contributed by atoms with Crippen LogP contribution in [0.3, 0.4) is 0 Å². The minimum atomic E-state index is -5.04. The molecule has 1 aromatic rings. The van der Waals surface area contributed by atoms with E-state index in [4.69, 9.17) is 0 Å². The molecule has 0 aliphatic heterocycles. The van der Waals surface area contributed by atoms with Crippen molar-refractivity contribution in [1.29, 1.82) is 0 Å². The Morgan fingerprint density at radius 2 is 1.65 bits per heavy atom. The van der Waals surface area contributed by atoms with Gasteiger partial charge in [-0.05, 0) is 12.1 Å². The fraction of sp³-hybridized carbons (Fsp3) is 0.300. The molecule has 0 radical (unpaired) electrons. The fourth-order valence-corrected chi connectivity index (χ4v) is 1.16. The summed E-state index contributed by atoms with van der Waals surface area (Å²) in [4.78, 5) is 11.0. The van der Waals surface area contributed by atoms with Crippen LogP contribution in [0.5, 0.6) is 0 Å². The molecule has 0 unspecified atom stereocenters. The molecule has 1 aromatic carbocycles. The molecule has 0 saturated carbocycles. The van der Waals surface area contributed by atoms with Crippen molar-refractivity contribution in [2.24, 2.45) is 0 Å². The van der Waals surface area contributed by atoms with Crippen molar-refractivity contribution in [2.75, 3.05) is 0 Å². The zero-order valence-corrected chi connectivity index (χ0v) is 8.41. The van der Waals surface area contributed by atoms with E-state index in [1.165, 1.54) is 0 Å². The molecule has 1 rings (SSSR count). The molecule has 0 aliphatic carbocycles. The van der Waals surface area contributed by atoms with E-state index < -0.39 is 34.8 Å². The van der Waals surface area contributed by atoms with Crippen LogP contribution >= 0.6 is 0 Å². The predicted octanol–water partition coefficient (Wildman–Crippen LogP) is 3.68. The number of carbonyl (C=O) groups excluding carboxylic acids is 1. The maximum atomic E-state index is 13.3. The van der Waals surface area contributed by atoms with Gasteiger partial charge in [-0.3, -0.25) is 4.79 Å². The highest BCUT2D eigenvalue weighted by Crippen LogP contribution is 2.33. The van der Waals surface area contributed by atoms with Crippen LogP contribution in [0.2, 0.25) is 0 Å². The van der Waals surface area contributed by atoms with Gasteiger partial charge < -0.3 is 0 Å². The summed E-state index contributed by atoms with van der Waals surface area (Å²) in [5.41, 5.74) is -3.01. The maximum absolute atomic E-state index is 13.3. The highest BCUT2D eigenvalue weighted by Gasteiger charge is 2.40. The largest absolute Gasteiger partial charge is 0.419 e. The monoisotopic (exact) mass is 256 g/mol. The lowest BCUT2D eigenvalue weighted by Crippen LogP contribution is -2.26. The van der Waals surface area contributed by atoms with Crippen molar-refractivity contribution in [3.63, 3.8) is 0 Å². The van der Waals surface area contributed by atoms with E-state index in [0.717, 1.165) is 0 Å². The molecule has 0 heterocycles. The van der Waals surface area contributed by atoms with Crippen LogP contribution in [0.4, 0.5) is 26.3 Å². The van der Waals surface area contributed by atoms with Crippen LogP contribution in [-0.4, -0.2) is 11.7 Å². The molecule has 0 fully saturated rings. The molecule has 0 bridgehead atoms. The van der Waals surface area contributed by atoms with Crippen molar-refractivity contribution in [3.8, 4) is 0 Å². The summed E-state index contributed by atoms with van der Waals surface area (Å²) in [6, 6.07) is 1.66. The number of hydrogen-bond acceptors (Lipinski definition) is 1. The zero-order chi connectivity index (χ0) is 13.4. The molecular weight excluding hydrogens is 250 g/mol. The summed E-state index contributed by atoms with van der Waals surface area (Å²) in [7, 11) is 0. The van der Waals surface area contributed by atoms with Crippen LogP contribution < -0.4 is 0 Å². The lowest BCUT2D eigenvalue weighted by Gasteiger charge is -2.13. The molecule has 7 heteroatoms. The molecule has 0 aromatic heterocycles. The van der Waals surface area contributed by atoms with Crippen LogP contribution in [0.15, 0.2) is 18.2 Å². The van der Waals surface area contributed by atoms with Crippen LogP contribution in [0.25, 0.3) is 0 Å². The van der Waals surface area contributed by atoms with Crippen LogP contribution in [-0.2, 0) is 6.18 Å². The van der Waals surface area contributed by atoms with E-state index in [9.17, 15) is 31.1 Å². The van der Waals surface area contributed by atoms with E-state index in [0.29, 0.717) is 18.2 Å². The first-order valence-corrected chi connectivity index (χ1v) is 4.33.